The molecule has 1 aromatic rings. The molecule has 1 aliphatic rings. The number of carbonyl (C=O) groups excluding carboxylic acids is 1. The van der Waals surface area contributed by atoms with E-state index in [2.05, 4.69) is 0 Å². The van der Waals surface area contributed by atoms with Crippen LogP contribution in [0.5, 0.6) is 0 Å². The molecule has 0 aromatic carbocycles. The minimum atomic E-state index is -0.838. The molecular formula is C14H21NO4. The third-order valence-electron chi connectivity index (χ3n) is 3.57. The van der Waals surface area contributed by atoms with E-state index in [1.54, 1.807) is 24.9 Å². The molecule has 1 fully saturated rings. The summed E-state index contributed by atoms with van der Waals surface area (Å²) >= 11 is 0. The van der Waals surface area contributed by atoms with E-state index in [1.165, 1.54) is 0 Å². The van der Waals surface area contributed by atoms with Crippen LogP contribution in [0.15, 0.2) is 10.5 Å². The van der Waals surface area contributed by atoms with E-state index in [0.717, 1.165) is 5.76 Å². The molecule has 0 saturated carbocycles. The Labute approximate surface area is 113 Å². The van der Waals surface area contributed by atoms with Crippen LogP contribution >= 0.6 is 0 Å². The fraction of sp³-hybridized carbons (Fsp3) is 0.643. The molecule has 0 unspecified atom stereocenters. The number of hydrogen-bond donors (Lipinski definition) is 1. The molecule has 0 radical (unpaired) electrons. The third-order valence-corrected chi connectivity index (χ3v) is 3.57. The quantitative estimate of drug-likeness (QED) is 0.901. The Morgan fingerprint density at radius 3 is 2.58 bits per heavy atom. The summed E-state index contributed by atoms with van der Waals surface area (Å²) in [5.74, 6) is 1.22. The number of nitrogens with zero attached hydrogens (tertiary/aromatic N) is 1. The lowest BCUT2D eigenvalue weighted by molar-refractivity contribution is -0.0734. The Balaban J connectivity index is 2.05. The standard InChI is InChI=1S/C14H21NO4/c1-10-8-12(11(2)19-10)13(16)15(3)9-14(17)4-6-18-7-5-14/h8,17H,4-7,9H2,1-3H3. The number of amides is 1. The van der Waals surface area contributed by atoms with Gasteiger partial charge in [-0.2, -0.15) is 0 Å². The fourth-order valence-electron chi connectivity index (χ4n) is 2.47. The van der Waals surface area contributed by atoms with Gasteiger partial charge in [0.25, 0.3) is 5.91 Å². The second kappa shape index (κ2) is 5.35. The van der Waals surface area contributed by atoms with E-state index in [4.69, 9.17) is 9.15 Å². The van der Waals surface area contributed by atoms with Crippen LogP contribution in [0.1, 0.15) is 34.7 Å². The summed E-state index contributed by atoms with van der Waals surface area (Å²) in [4.78, 5) is 13.9. The van der Waals surface area contributed by atoms with Gasteiger partial charge in [0.1, 0.15) is 11.5 Å². The van der Waals surface area contributed by atoms with E-state index < -0.39 is 5.60 Å². The highest BCUT2D eigenvalue weighted by Gasteiger charge is 2.33. The van der Waals surface area contributed by atoms with Gasteiger partial charge in [0.15, 0.2) is 0 Å². The number of hydrogen-bond acceptors (Lipinski definition) is 4. The number of carbonyl (C=O) groups is 1. The van der Waals surface area contributed by atoms with Crippen LogP contribution < -0.4 is 0 Å². The lowest BCUT2D eigenvalue weighted by Gasteiger charge is -2.35. The number of aryl methyl sites for hydroxylation is 2. The predicted molar refractivity (Wildman–Crippen MR) is 70.1 cm³/mol. The number of ether oxygens (including phenoxy) is 1. The van der Waals surface area contributed by atoms with Gasteiger partial charge in [0, 0.05) is 39.6 Å². The van der Waals surface area contributed by atoms with Crippen molar-refractivity contribution in [3.63, 3.8) is 0 Å². The Bertz CT molecular complexity index is 460. The summed E-state index contributed by atoms with van der Waals surface area (Å²) in [5.41, 5.74) is -0.273. The molecule has 1 saturated heterocycles. The van der Waals surface area contributed by atoms with Gasteiger partial charge in [-0.3, -0.25) is 4.79 Å². The van der Waals surface area contributed by atoms with E-state index in [-0.39, 0.29) is 5.91 Å². The molecule has 2 rings (SSSR count). The summed E-state index contributed by atoms with van der Waals surface area (Å²) in [6.07, 6.45) is 1.13. The highest BCUT2D eigenvalue weighted by atomic mass is 16.5. The fourth-order valence-corrected chi connectivity index (χ4v) is 2.47. The SMILES string of the molecule is Cc1cc(C(=O)N(C)CC2(O)CCOCC2)c(C)o1. The molecule has 0 spiro atoms. The van der Waals surface area contributed by atoms with Crippen LogP contribution in [-0.2, 0) is 4.74 Å². The van der Waals surface area contributed by atoms with Gasteiger partial charge < -0.3 is 19.2 Å². The highest BCUT2D eigenvalue weighted by Crippen LogP contribution is 2.23. The third kappa shape index (κ3) is 3.16. The van der Waals surface area contributed by atoms with Crippen LogP contribution in [0.2, 0.25) is 0 Å². The molecular weight excluding hydrogens is 246 g/mol. The van der Waals surface area contributed by atoms with Gasteiger partial charge in [-0.1, -0.05) is 0 Å². The molecule has 1 aromatic heterocycles. The van der Waals surface area contributed by atoms with Crippen molar-refractivity contribution in [3.8, 4) is 0 Å². The van der Waals surface area contributed by atoms with Gasteiger partial charge in [0.2, 0.25) is 0 Å². The molecule has 0 atom stereocenters. The van der Waals surface area contributed by atoms with E-state index >= 15 is 0 Å². The molecule has 2 heterocycles. The zero-order chi connectivity index (χ0) is 14.0. The number of aliphatic hydroxyl groups is 1. The summed E-state index contributed by atoms with van der Waals surface area (Å²) in [5, 5.41) is 10.4. The van der Waals surface area contributed by atoms with Crippen LogP contribution in [0, 0.1) is 13.8 Å². The number of furan rings is 1. The molecule has 1 amide bonds. The van der Waals surface area contributed by atoms with Gasteiger partial charge >= 0.3 is 0 Å². The Morgan fingerprint density at radius 1 is 1.42 bits per heavy atom. The minimum Gasteiger partial charge on any atom is -0.466 e. The van der Waals surface area contributed by atoms with Crippen molar-refractivity contribution in [3.05, 3.63) is 23.2 Å². The normalized spacial score (nSPS) is 18.3. The summed E-state index contributed by atoms with van der Waals surface area (Å²) in [7, 11) is 1.71. The van der Waals surface area contributed by atoms with Crippen molar-refractivity contribution in [2.24, 2.45) is 0 Å². The largest absolute Gasteiger partial charge is 0.466 e. The van der Waals surface area contributed by atoms with Crippen LogP contribution in [-0.4, -0.2) is 48.3 Å². The van der Waals surface area contributed by atoms with E-state index in [1.807, 2.05) is 6.92 Å². The summed E-state index contributed by atoms with van der Waals surface area (Å²) < 4.78 is 10.6. The molecule has 0 bridgehead atoms. The maximum atomic E-state index is 12.3. The zero-order valence-corrected chi connectivity index (χ0v) is 11.7. The second-order valence-electron chi connectivity index (χ2n) is 5.32. The summed E-state index contributed by atoms with van der Waals surface area (Å²) in [6, 6.07) is 1.74. The van der Waals surface area contributed by atoms with Gasteiger partial charge in [0.05, 0.1) is 11.2 Å². The van der Waals surface area contributed by atoms with E-state index in [9.17, 15) is 9.90 Å². The van der Waals surface area contributed by atoms with Crippen molar-refractivity contribution in [1.82, 2.24) is 4.90 Å². The average Bonchev–Trinajstić information content (AvgIpc) is 2.67. The smallest absolute Gasteiger partial charge is 0.257 e. The molecule has 5 nitrogen and oxygen atoms in total. The first-order valence-electron chi connectivity index (χ1n) is 6.54. The predicted octanol–water partition coefficient (Wildman–Crippen LogP) is 1.51. The van der Waals surface area contributed by atoms with Gasteiger partial charge in [-0.25, -0.2) is 0 Å². The molecule has 106 valence electrons. The van der Waals surface area contributed by atoms with Crippen LogP contribution in [0.3, 0.4) is 0 Å². The van der Waals surface area contributed by atoms with Crippen molar-refractivity contribution < 1.29 is 19.1 Å². The van der Waals surface area contributed by atoms with Crippen molar-refractivity contribution >= 4 is 5.91 Å². The second-order valence-corrected chi connectivity index (χ2v) is 5.32. The molecule has 0 aliphatic carbocycles. The average molecular weight is 267 g/mol. The van der Waals surface area contributed by atoms with Gasteiger partial charge in [-0.15, -0.1) is 0 Å². The number of likely N-dealkylation sites (N-methyl/N-ethyl adjacent to an activating group) is 1. The van der Waals surface area contributed by atoms with Crippen molar-refractivity contribution in [1.29, 1.82) is 0 Å². The van der Waals surface area contributed by atoms with Crippen molar-refractivity contribution in [2.45, 2.75) is 32.3 Å². The van der Waals surface area contributed by atoms with Crippen molar-refractivity contribution in [2.75, 3.05) is 26.8 Å². The number of rotatable bonds is 3. The summed E-state index contributed by atoms with van der Waals surface area (Å²) in [6.45, 7) is 5.00. The first-order chi connectivity index (χ1) is 8.91. The Kier molecular flexibility index (Phi) is 3.96. The van der Waals surface area contributed by atoms with Crippen LogP contribution in [0.4, 0.5) is 0 Å². The van der Waals surface area contributed by atoms with E-state index in [0.29, 0.717) is 43.9 Å². The monoisotopic (exact) mass is 267 g/mol. The van der Waals surface area contributed by atoms with Gasteiger partial charge in [-0.05, 0) is 19.9 Å². The lowest BCUT2D eigenvalue weighted by atomic mass is 9.94. The first-order valence-corrected chi connectivity index (χ1v) is 6.54. The maximum absolute atomic E-state index is 12.3. The molecule has 1 aliphatic heterocycles. The molecule has 5 heteroatoms. The Hall–Kier alpha value is -1.33. The molecule has 1 N–H and O–H groups in total. The zero-order valence-electron chi connectivity index (χ0n) is 11.7. The van der Waals surface area contributed by atoms with Crippen LogP contribution in [0.25, 0.3) is 0 Å². The topological polar surface area (TPSA) is 62.9 Å². The lowest BCUT2D eigenvalue weighted by Crippen LogP contribution is -2.47. The Morgan fingerprint density at radius 2 is 2.05 bits per heavy atom. The highest BCUT2D eigenvalue weighted by molar-refractivity contribution is 5.95. The maximum Gasteiger partial charge on any atom is 0.257 e. The molecule has 19 heavy (non-hydrogen) atoms. The first kappa shape index (κ1) is 14.1. The minimum absolute atomic E-state index is 0.116.